The number of ether oxygens (including phenoxy) is 1. The van der Waals surface area contributed by atoms with Gasteiger partial charge in [-0.05, 0) is 11.6 Å². The normalized spacial score (nSPS) is 9.65. The number of nitrogens with zero attached hydrogens (tertiary/aromatic N) is 3. The Hall–Kier alpha value is -2.41. The molecule has 4 heteroatoms. The van der Waals surface area contributed by atoms with Gasteiger partial charge in [0.05, 0.1) is 19.6 Å². The molecular formula is C13H11N3O. The first-order chi connectivity index (χ1) is 8.35. The molecule has 0 radical (unpaired) electrons. The van der Waals surface area contributed by atoms with Crippen LogP contribution in [0, 0.1) is 11.3 Å². The summed E-state index contributed by atoms with van der Waals surface area (Å²) >= 11 is 0. The highest BCUT2D eigenvalue weighted by molar-refractivity contribution is 5.66. The van der Waals surface area contributed by atoms with E-state index in [4.69, 9.17) is 10.00 Å². The van der Waals surface area contributed by atoms with Crippen LogP contribution in [0.4, 0.5) is 0 Å². The van der Waals surface area contributed by atoms with Crippen LogP contribution in [0.25, 0.3) is 11.1 Å². The van der Waals surface area contributed by atoms with E-state index in [1.165, 1.54) is 0 Å². The molecular weight excluding hydrogens is 214 g/mol. The van der Waals surface area contributed by atoms with Crippen LogP contribution in [0.5, 0.6) is 5.88 Å². The maximum absolute atomic E-state index is 8.83. The lowest BCUT2D eigenvalue weighted by atomic mass is 10.0. The molecule has 0 aliphatic heterocycles. The van der Waals surface area contributed by atoms with E-state index in [-0.39, 0.29) is 0 Å². The molecule has 0 bridgehead atoms. The van der Waals surface area contributed by atoms with Gasteiger partial charge in [0, 0.05) is 35.8 Å². The average molecular weight is 225 g/mol. The smallest absolute Gasteiger partial charge is 0.213 e. The number of hydrogen-bond donors (Lipinski definition) is 0. The van der Waals surface area contributed by atoms with Crippen molar-refractivity contribution in [3.05, 3.63) is 42.4 Å². The monoisotopic (exact) mass is 225 g/mol. The van der Waals surface area contributed by atoms with Crippen LogP contribution in [0.15, 0.2) is 36.8 Å². The van der Waals surface area contributed by atoms with Gasteiger partial charge in [-0.25, -0.2) is 4.98 Å². The molecule has 2 aromatic heterocycles. The van der Waals surface area contributed by atoms with Gasteiger partial charge in [0.25, 0.3) is 0 Å². The predicted octanol–water partition coefficient (Wildman–Crippen LogP) is 2.22. The third kappa shape index (κ3) is 2.40. The highest BCUT2D eigenvalue weighted by atomic mass is 16.5. The number of aromatic nitrogens is 2. The minimum atomic E-state index is 0.323. The van der Waals surface area contributed by atoms with Gasteiger partial charge < -0.3 is 4.74 Å². The summed E-state index contributed by atoms with van der Waals surface area (Å²) in [6, 6.07) is 7.72. The van der Waals surface area contributed by atoms with Crippen LogP contribution in [0.1, 0.15) is 5.56 Å². The Balaban J connectivity index is 2.50. The van der Waals surface area contributed by atoms with Crippen molar-refractivity contribution in [1.29, 1.82) is 5.26 Å². The molecule has 0 aliphatic carbocycles. The van der Waals surface area contributed by atoms with Crippen molar-refractivity contribution < 1.29 is 4.74 Å². The van der Waals surface area contributed by atoms with Gasteiger partial charge in [-0.2, -0.15) is 5.26 Å². The summed E-state index contributed by atoms with van der Waals surface area (Å²) in [6.07, 6.45) is 5.50. The molecule has 0 N–H and O–H groups in total. The lowest BCUT2D eigenvalue weighted by molar-refractivity contribution is 0.397. The number of rotatable bonds is 3. The van der Waals surface area contributed by atoms with Crippen molar-refractivity contribution in [2.24, 2.45) is 0 Å². The fraction of sp³-hybridized carbons (Fsp3) is 0.154. The topological polar surface area (TPSA) is 58.8 Å². The summed E-state index contributed by atoms with van der Waals surface area (Å²) < 4.78 is 5.06. The molecule has 4 nitrogen and oxygen atoms in total. The lowest BCUT2D eigenvalue weighted by Gasteiger charge is -2.07. The molecule has 84 valence electrons. The first-order valence-corrected chi connectivity index (χ1v) is 5.15. The molecule has 0 saturated carbocycles. The van der Waals surface area contributed by atoms with E-state index in [0.29, 0.717) is 12.3 Å². The molecule has 0 aromatic carbocycles. The van der Waals surface area contributed by atoms with Gasteiger partial charge in [0.1, 0.15) is 0 Å². The third-order valence-corrected chi connectivity index (χ3v) is 2.42. The average Bonchev–Trinajstić information content (AvgIpc) is 2.40. The maximum Gasteiger partial charge on any atom is 0.213 e. The van der Waals surface area contributed by atoms with Crippen molar-refractivity contribution >= 4 is 0 Å². The molecule has 2 heterocycles. The van der Waals surface area contributed by atoms with Gasteiger partial charge in [-0.1, -0.05) is 6.07 Å². The van der Waals surface area contributed by atoms with E-state index in [1.807, 2.05) is 12.1 Å². The molecule has 0 fully saturated rings. The van der Waals surface area contributed by atoms with Crippen LogP contribution in [0.3, 0.4) is 0 Å². The van der Waals surface area contributed by atoms with E-state index >= 15 is 0 Å². The lowest BCUT2D eigenvalue weighted by Crippen LogP contribution is -1.94. The van der Waals surface area contributed by atoms with Crippen molar-refractivity contribution in [1.82, 2.24) is 9.97 Å². The fourth-order valence-corrected chi connectivity index (χ4v) is 1.60. The molecule has 17 heavy (non-hydrogen) atoms. The van der Waals surface area contributed by atoms with E-state index in [9.17, 15) is 0 Å². The molecule has 0 aliphatic rings. The maximum atomic E-state index is 8.83. The number of nitriles is 1. The van der Waals surface area contributed by atoms with Gasteiger partial charge in [-0.15, -0.1) is 0 Å². The largest absolute Gasteiger partial charge is 0.481 e. The number of pyridine rings is 2. The minimum absolute atomic E-state index is 0.323. The zero-order chi connectivity index (χ0) is 12.1. The summed E-state index contributed by atoms with van der Waals surface area (Å²) in [4.78, 5) is 8.22. The van der Waals surface area contributed by atoms with Gasteiger partial charge >= 0.3 is 0 Å². The molecule has 0 atom stereocenters. The van der Waals surface area contributed by atoms with Gasteiger partial charge in [-0.3, -0.25) is 4.98 Å². The molecule has 0 saturated heterocycles. The van der Waals surface area contributed by atoms with Crippen LogP contribution in [-0.2, 0) is 6.42 Å². The van der Waals surface area contributed by atoms with E-state index in [2.05, 4.69) is 16.0 Å². The van der Waals surface area contributed by atoms with Crippen LogP contribution < -0.4 is 4.74 Å². The predicted molar refractivity (Wildman–Crippen MR) is 63.3 cm³/mol. The summed E-state index contributed by atoms with van der Waals surface area (Å²) in [5.41, 5.74) is 2.76. The standard InChI is InChI=1S/C13H11N3O/c1-17-13-7-10(4-5-14)12(9-16-13)11-3-2-6-15-8-11/h2-3,6-9H,4H2,1H3. The minimum Gasteiger partial charge on any atom is -0.481 e. The van der Waals surface area contributed by atoms with Crippen molar-refractivity contribution in [3.8, 4) is 23.1 Å². The Labute approximate surface area is 99.5 Å². The Kier molecular flexibility index (Phi) is 3.31. The second-order valence-electron chi connectivity index (χ2n) is 3.46. The van der Waals surface area contributed by atoms with Crippen molar-refractivity contribution in [3.63, 3.8) is 0 Å². The van der Waals surface area contributed by atoms with E-state index in [0.717, 1.165) is 16.7 Å². The van der Waals surface area contributed by atoms with Gasteiger partial charge in [0.15, 0.2) is 0 Å². The molecule has 0 amide bonds. The Morgan fingerprint density at radius 3 is 2.94 bits per heavy atom. The first-order valence-electron chi connectivity index (χ1n) is 5.15. The molecule has 0 unspecified atom stereocenters. The Bertz CT molecular complexity index is 546. The molecule has 0 spiro atoms. The summed E-state index contributed by atoms with van der Waals surface area (Å²) in [5, 5.41) is 8.83. The third-order valence-electron chi connectivity index (χ3n) is 2.42. The molecule has 2 rings (SSSR count). The SMILES string of the molecule is COc1cc(CC#N)c(-c2cccnc2)cn1. The highest BCUT2D eigenvalue weighted by Gasteiger charge is 2.07. The second-order valence-corrected chi connectivity index (χ2v) is 3.46. The fourth-order valence-electron chi connectivity index (χ4n) is 1.60. The van der Waals surface area contributed by atoms with Crippen LogP contribution in [-0.4, -0.2) is 17.1 Å². The van der Waals surface area contributed by atoms with E-state index < -0.39 is 0 Å². The van der Waals surface area contributed by atoms with Crippen molar-refractivity contribution in [2.45, 2.75) is 6.42 Å². The zero-order valence-corrected chi connectivity index (χ0v) is 9.42. The summed E-state index contributed by atoms with van der Waals surface area (Å²) in [5.74, 6) is 0.517. The van der Waals surface area contributed by atoms with Crippen molar-refractivity contribution in [2.75, 3.05) is 7.11 Å². The Morgan fingerprint density at radius 1 is 1.41 bits per heavy atom. The summed E-state index contributed by atoms with van der Waals surface area (Å²) in [7, 11) is 1.56. The Morgan fingerprint density at radius 2 is 2.29 bits per heavy atom. The number of methoxy groups -OCH3 is 1. The van der Waals surface area contributed by atoms with Gasteiger partial charge in [0.2, 0.25) is 5.88 Å². The quantitative estimate of drug-likeness (QED) is 0.803. The number of hydrogen-bond acceptors (Lipinski definition) is 4. The zero-order valence-electron chi connectivity index (χ0n) is 9.42. The summed E-state index contributed by atoms with van der Waals surface area (Å²) in [6.45, 7) is 0. The van der Waals surface area contributed by atoms with Crippen LogP contribution in [0.2, 0.25) is 0 Å². The highest BCUT2D eigenvalue weighted by Crippen LogP contribution is 2.25. The molecule has 2 aromatic rings. The second kappa shape index (κ2) is 5.08. The van der Waals surface area contributed by atoms with Crippen LogP contribution >= 0.6 is 0 Å². The van der Waals surface area contributed by atoms with E-state index in [1.54, 1.807) is 31.8 Å². The first kappa shape index (κ1) is 11.1.